The molecule has 10 heteroatoms. The van der Waals surface area contributed by atoms with Gasteiger partial charge in [-0.25, -0.2) is 4.79 Å². The zero-order chi connectivity index (χ0) is 24.6. The van der Waals surface area contributed by atoms with Crippen LogP contribution in [0.25, 0.3) is 4.98 Å². The molecule has 0 bridgehead atoms. The molecule has 0 aromatic heterocycles. The van der Waals surface area contributed by atoms with Gasteiger partial charge < -0.3 is 23.9 Å². The lowest BCUT2D eigenvalue weighted by Gasteiger charge is -2.61. The highest BCUT2D eigenvalue weighted by atomic mass is 28.4. The Balaban J connectivity index is 2.41. The van der Waals surface area contributed by atoms with E-state index >= 15 is 0 Å². The third-order valence-corrected chi connectivity index (χ3v) is 11.4. The second-order valence-electron chi connectivity index (χ2n) is 10.4. The summed E-state index contributed by atoms with van der Waals surface area (Å²) < 4.78 is 17.2. The van der Waals surface area contributed by atoms with Gasteiger partial charge >= 0.3 is 11.7 Å². The number of β-lactam (4-membered cyclic amide) rings is 1. The zero-order valence-corrected chi connectivity index (χ0v) is 21.3. The van der Waals surface area contributed by atoms with Crippen LogP contribution in [0.1, 0.15) is 41.5 Å². The number of fused-ring (bicyclic) bond motifs is 1. The van der Waals surface area contributed by atoms with Gasteiger partial charge in [0, 0.05) is 0 Å². The largest absolute Gasteiger partial charge is 0.505 e. The molecule has 0 spiro atoms. The summed E-state index contributed by atoms with van der Waals surface area (Å²) in [6.07, 6.45) is 0.953. The number of nitrogens with zero attached hydrogens (tertiary/aromatic N) is 3. The van der Waals surface area contributed by atoms with Crippen LogP contribution in [0.2, 0.25) is 18.1 Å². The van der Waals surface area contributed by atoms with Crippen molar-refractivity contribution >= 4 is 20.2 Å². The van der Waals surface area contributed by atoms with Gasteiger partial charge in [-0.05, 0) is 38.9 Å². The fourth-order valence-electron chi connectivity index (χ4n) is 4.06. The van der Waals surface area contributed by atoms with Crippen LogP contribution in [0.15, 0.2) is 24.1 Å². The van der Waals surface area contributed by atoms with Crippen molar-refractivity contribution in [1.29, 1.82) is 5.39 Å². The second kappa shape index (κ2) is 8.96. The third kappa shape index (κ3) is 4.60. The molecule has 1 N–H and O–H groups in total. The average Bonchev–Trinajstić information content (AvgIpc) is 2.64. The number of diazo groups is 1. The maximum Gasteiger partial charge on any atom is 0.505 e. The van der Waals surface area contributed by atoms with E-state index < -0.39 is 55.4 Å². The van der Waals surface area contributed by atoms with Crippen LogP contribution in [0.3, 0.4) is 0 Å². The number of esters is 1. The van der Waals surface area contributed by atoms with Crippen LogP contribution in [0, 0.1) is 17.2 Å². The van der Waals surface area contributed by atoms with Gasteiger partial charge in [0.1, 0.15) is 12.3 Å². The SMILES string of the molecule is C=CCOC(=O)/C([N+]#N)=C(\O)[C@@H]1COC(C)(C)N2C(=O)[C@H]([C@@H](C)O[Si](C)(C)C(C)(C)C)[C@@H]12. The molecule has 2 fully saturated rings. The van der Waals surface area contributed by atoms with E-state index in [9.17, 15) is 20.1 Å². The number of hydrogen-bond donors (Lipinski definition) is 1. The minimum atomic E-state index is -2.16. The number of carbonyl (C=O) groups is 2. The second-order valence-corrected chi connectivity index (χ2v) is 15.1. The highest BCUT2D eigenvalue weighted by molar-refractivity contribution is 6.74. The molecule has 0 aromatic rings. The smallest absolute Gasteiger partial charge is 0.504 e. The summed E-state index contributed by atoms with van der Waals surface area (Å²) in [5, 5.41) is 20.2. The maximum absolute atomic E-state index is 13.2. The summed E-state index contributed by atoms with van der Waals surface area (Å²) in [5.74, 6) is -2.93. The van der Waals surface area contributed by atoms with E-state index in [0.29, 0.717) is 0 Å². The predicted octanol–water partition coefficient (Wildman–Crippen LogP) is 3.96. The number of ether oxygens (including phenoxy) is 2. The maximum atomic E-state index is 13.2. The number of rotatable bonds is 7. The molecule has 0 saturated carbocycles. The molecular weight excluding hydrogens is 430 g/mol. The minimum absolute atomic E-state index is 0.0321. The summed E-state index contributed by atoms with van der Waals surface area (Å²) in [5.41, 5.74) is -1.50. The molecule has 9 nitrogen and oxygen atoms in total. The average molecular weight is 467 g/mol. The Morgan fingerprint density at radius 2 is 2.06 bits per heavy atom. The first-order valence-corrected chi connectivity index (χ1v) is 13.7. The lowest BCUT2D eigenvalue weighted by Crippen LogP contribution is -2.76. The van der Waals surface area contributed by atoms with Crippen molar-refractivity contribution in [1.82, 2.24) is 4.90 Å². The summed E-state index contributed by atoms with van der Waals surface area (Å²) >= 11 is 0. The van der Waals surface area contributed by atoms with Crippen molar-refractivity contribution in [2.24, 2.45) is 11.8 Å². The highest BCUT2D eigenvalue weighted by Gasteiger charge is 2.63. The first-order chi connectivity index (χ1) is 14.6. The van der Waals surface area contributed by atoms with Crippen molar-refractivity contribution < 1.29 is 28.6 Å². The Labute approximate surface area is 191 Å². The van der Waals surface area contributed by atoms with Gasteiger partial charge in [0.05, 0.1) is 30.6 Å². The molecule has 32 heavy (non-hydrogen) atoms. The molecule has 0 aromatic carbocycles. The Morgan fingerprint density at radius 3 is 2.56 bits per heavy atom. The molecule has 178 valence electrons. The molecule has 4 atom stereocenters. The topological polar surface area (TPSA) is 113 Å². The first kappa shape index (κ1) is 26.0. The molecule has 2 saturated heterocycles. The lowest BCUT2D eigenvalue weighted by atomic mass is 9.72. The van der Waals surface area contributed by atoms with Crippen molar-refractivity contribution in [2.45, 2.75) is 77.5 Å². The van der Waals surface area contributed by atoms with Gasteiger partial charge in [-0.2, -0.15) is 0 Å². The van der Waals surface area contributed by atoms with Gasteiger partial charge in [0.15, 0.2) is 13.3 Å². The monoisotopic (exact) mass is 466 g/mol. The number of aliphatic hydroxyl groups is 1. The quantitative estimate of drug-likeness (QED) is 0.115. The summed E-state index contributed by atoms with van der Waals surface area (Å²) in [7, 11) is -2.16. The fourth-order valence-corrected chi connectivity index (χ4v) is 5.49. The van der Waals surface area contributed by atoms with E-state index in [2.05, 4.69) is 45.4 Å². The molecule has 2 heterocycles. The summed E-state index contributed by atoms with van der Waals surface area (Å²) in [6.45, 7) is 19.4. The van der Waals surface area contributed by atoms with Crippen LogP contribution in [0.5, 0.6) is 0 Å². The van der Waals surface area contributed by atoms with E-state index in [1.54, 1.807) is 18.7 Å². The van der Waals surface area contributed by atoms with Crippen molar-refractivity contribution in [3.05, 3.63) is 29.1 Å². The van der Waals surface area contributed by atoms with E-state index in [4.69, 9.17) is 13.9 Å². The Hall–Kier alpha value is -2.22. The lowest BCUT2D eigenvalue weighted by molar-refractivity contribution is -0.254. The first-order valence-electron chi connectivity index (χ1n) is 10.8. The van der Waals surface area contributed by atoms with Gasteiger partial charge in [-0.3, -0.25) is 4.79 Å². The van der Waals surface area contributed by atoms with Gasteiger partial charge in [0.25, 0.3) is 0 Å². The molecule has 0 unspecified atom stereocenters. The predicted molar refractivity (Wildman–Crippen MR) is 121 cm³/mol. The van der Waals surface area contributed by atoms with Gasteiger partial charge in [-0.15, -0.1) is 0 Å². The minimum Gasteiger partial charge on any atom is -0.504 e. The number of aliphatic hydroxyl groups excluding tert-OH is 1. The molecule has 2 rings (SSSR count). The standard InChI is InChI=1S/C22H35N3O6Si/c1-10-11-29-20(28)16(24-23)18(26)14-12-30-22(6,7)25-17(14)15(19(25)27)13(2)31-32(8,9)21(3,4)5/h10,13-15,17H,1,11-12H2,2-9H3/p+1/t13-,14-,15-,17-/m1/s1. The highest BCUT2D eigenvalue weighted by Crippen LogP contribution is 2.48. The summed E-state index contributed by atoms with van der Waals surface area (Å²) in [4.78, 5) is 29.9. The molecule has 2 aliphatic rings. The van der Waals surface area contributed by atoms with Gasteiger partial charge in [0.2, 0.25) is 17.1 Å². The fraction of sp³-hybridized carbons (Fsp3) is 0.727. The van der Waals surface area contributed by atoms with Crippen molar-refractivity contribution in [2.75, 3.05) is 13.2 Å². The Kier molecular flexibility index (Phi) is 7.29. The third-order valence-electron chi connectivity index (χ3n) is 6.81. The number of hydrogen-bond acceptors (Lipinski definition) is 7. The van der Waals surface area contributed by atoms with Crippen molar-refractivity contribution in [3.63, 3.8) is 0 Å². The molecule has 0 aliphatic carbocycles. The van der Waals surface area contributed by atoms with E-state index in [-0.39, 0.29) is 24.2 Å². The number of amides is 1. The number of carbonyl (C=O) groups excluding carboxylic acids is 2. The Morgan fingerprint density at radius 1 is 1.47 bits per heavy atom. The Bertz CT molecular complexity index is 855. The van der Waals surface area contributed by atoms with E-state index in [0.717, 1.165) is 0 Å². The van der Waals surface area contributed by atoms with Crippen LogP contribution in [0.4, 0.5) is 0 Å². The van der Waals surface area contributed by atoms with Crippen LogP contribution >= 0.6 is 0 Å². The van der Waals surface area contributed by atoms with E-state index in [1.165, 1.54) is 6.08 Å². The van der Waals surface area contributed by atoms with Gasteiger partial charge in [-0.1, -0.05) is 33.4 Å². The van der Waals surface area contributed by atoms with Crippen molar-refractivity contribution in [3.8, 4) is 0 Å². The van der Waals surface area contributed by atoms with Crippen LogP contribution < -0.4 is 0 Å². The van der Waals surface area contributed by atoms with Crippen LogP contribution in [-0.4, -0.2) is 61.3 Å². The molecular formula is C22H36N3O6Si+. The summed E-state index contributed by atoms with van der Waals surface area (Å²) in [6, 6.07) is -0.491. The van der Waals surface area contributed by atoms with Crippen LogP contribution in [-0.2, 0) is 23.5 Å². The normalized spacial score (nSPS) is 26.8. The zero-order valence-electron chi connectivity index (χ0n) is 20.3. The molecule has 0 radical (unpaired) electrons. The molecule has 2 aliphatic heterocycles. The van der Waals surface area contributed by atoms with E-state index in [1.807, 2.05) is 6.92 Å². The molecule has 1 amide bonds.